The number of aliphatic hydroxyl groups excluding tert-OH is 1. The number of guanidine groups is 1. The number of hydrogen-bond acceptors (Lipinski definition) is 8. The number of imide groups is 1. The molecule has 1 aromatic heterocycles. The molecule has 0 radical (unpaired) electrons. The van der Waals surface area contributed by atoms with Gasteiger partial charge >= 0.3 is 12.0 Å². The Morgan fingerprint density at radius 3 is 2.56 bits per heavy atom. The fourth-order valence-electron chi connectivity index (χ4n) is 3.76. The van der Waals surface area contributed by atoms with Gasteiger partial charge in [-0.2, -0.15) is 0 Å². The largest absolute Gasteiger partial charge is 0.497 e. The number of aliphatic imine (C=N–C) groups is 1. The SMILES string of the molecule is COc1ccc(OCC(O)C[N+]2=C(NCc3cccnc3)N=C3C2C(=O)N(C)C(=O)N3C)cc1. The highest BCUT2D eigenvalue weighted by Gasteiger charge is 2.51. The molecule has 2 aliphatic rings. The van der Waals surface area contributed by atoms with Gasteiger partial charge < -0.3 is 14.6 Å². The molecule has 3 heterocycles. The number of amides is 3. The fourth-order valence-corrected chi connectivity index (χ4v) is 3.76. The lowest BCUT2D eigenvalue weighted by atomic mass is 10.1. The van der Waals surface area contributed by atoms with E-state index in [4.69, 9.17) is 9.47 Å². The van der Waals surface area contributed by atoms with Gasteiger partial charge in [-0.1, -0.05) is 11.1 Å². The molecule has 2 N–H and O–H groups in total. The van der Waals surface area contributed by atoms with E-state index >= 15 is 0 Å². The Bertz CT molecular complexity index is 1120. The van der Waals surface area contributed by atoms with Gasteiger partial charge in [-0.3, -0.25) is 24.9 Å². The molecule has 2 unspecified atom stereocenters. The number of rotatable bonds is 8. The van der Waals surface area contributed by atoms with Crippen molar-refractivity contribution in [3.63, 3.8) is 0 Å². The lowest BCUT2D eigenvalue weighted by molar-refractivity contribution is -0.545. The van der Waals surface area contributed by atoms with Crippen molar-refractivity contribution in [1.29, 1.82) is 0 Å². The van der Waals surface area contributed by atoms with Gasteiger partial charge in [0.15, 0.2) is 0 Å². The second-order valence-electron chi connectivity index (χ2n) is 7.94. The number of carbonyl (C=O) groups is 2. The van der Waals surface area contributed by atoms with Crippen molar-refractivity contribution in [2.24, 2.45) is 4.99 Å². The van der Waals surface area contributed by atoms with Crippen molar-refractivity contribution in [1.82, 2.24) is 20.1 Å². The summed E-state index contributed by atoms with van der Waals surface area (Å²) in [6.07, 6.45) is 2.47. The molecule has 0 aliphatic carbocycles. The van der Waals surface area contributed by atoms with E-state index in [0.717, 1.165) is 10.5 Å². The average Bonchev–Trinajstić information content (AvgIpc) is 3.22. The summed E-state index contributed by atoms with van der Waals surface area (Å²) in [6, 6.07) is 9.46. The monoisotopic (exact) mass is 467 g/mol. The summed E-state index contributed by atoms with van der Waals surface area (Å²) in [5, 5.41) is 13.9. The van der Waals surface area contributed by atoms with Gasteiger partial charge in [0, 0.05) is 32.1 Å². The van der Waals surface area contributed by atoms with Crippen LogP contribution >= 0.6 is 0 Å². The molecule has 0 bridgehead atoms. The number of β-amino-alcohol motifs (C(OH)–C–C–N with tert-alkyl or cyclic N) is 1. The van der Waals surface area contributed by atoms with Crippen LogP contribution in [0.4, 0.5) is 4.79 Å². The van der Waals surface area contributed by atoms with E-state index in [0.29, 0.717) is 29.8 Å². The number of methoxy groups -OCH3 is 1. The lowest BCUT2D eigenvalue weighted by Gasteiger charge is -2.32. The number of hydrogen-bond donors (Lipinski definition) is 2. The second-order valence-corrected chi connectivity index (χ2v) is 7.94. The van der Waals surface area contributed by atoms with E-state index in [1.807, 2.05) is 12.1 Å². The molecule has 2 aliphatic heterocycles. The van der Waals surface area contributed by atoms with E-state index in [1.54, 1.807) is 55.4 Å². The van der Waals surface area contributed by atoms with Crippen molar-refractivity contribution >= 4 is 23.7 Å². The summed E-state index contributed by atoms with van der Waals surface area (Å²) in [5.74, 6) is 1.56. The van der Waals surface area contributed by atoms with Crippen molar-refractivity contribution in [3.8, 4) is 11.5 Å². The number of likely N-dealkylation sites (N-methyl/N-ethyl adjacent to an activating group) is 2. The van der Waals surface area contributed by atoms with Gasteiger partial charge in [0.1, 0.15) is 24.2 Å². The first-order valence-corrected chi connectivity index (χ1v) is 10.7. The smallest absolute Gasteiger partial charge is 0.390 e. The number of urea groups is 1. The normalized spacial score (nSPS) is 18.6. The first-order valence-electron chi connectivity index (χ1n) is 10.7. The van der Waals surface area contributed by atoms with Crippen LogP contribution in [0.5, 0.6) is 11.5 Å². The van der Waals surface area contributed by atoms with Gasteiger partial charge in [0.2, 0.25) is 11.9 Å². The van der Waals surface area contributed by atoms with Crippen molar-refractivity contribution in [3.05, 3.63) is 54.4 Å². The molecule has 1 aromatic carbocycles. The van der Waals surface area contributed by atoms with Crippen LogP contribution in [0.15, 0.2) is 53.8 Å². The molecule has 11 heteroatoms. The van der Waals surface area contributed by atoms with Crippen LogP contribution in [0.2, 0.25) is 0 Å². The minimum Gasteiger partial charge on any atom is -0.497 e. The highest BCUT2D eigenvalue weighted by Crippen LogP contribution is 2.20. The second kappa shape index (κ2) is 9.87. The van der Waals surface area contributed by atoms with E-state index in [1.165, 1.54) is 11.9 Å². The Kier molecular flexibility index (Phi) is 6.73. The number of nitrogens with zero attached hydrogens (tertiary/aromatic N) is 5. The lowest BCUT2D eigenvalue weighted by Crippen LogP contribution is -2.62. The molecule has 4 rings (SSSR count). The van der Waals surface area contributed by atoms with Crippen LogP contribution < -0.4 is 14.8 Å². The Balaban J connectivity index is 1.52. The minimum absolute atomic E-state index is 0.000430. The molecule has 0 spiro atoms. The zero-order chi connectivity index (χ0) is 24.2. The van der Waals surface area contributed by atoms with Crippen LogP contribution in [0.3, 0.4) is 0 Å². The van der Waals surface area contributed by atoms with Crippen molar-refractivity contribution in [2.45, 2.75) is 18.7 Å². The predicted molar refractivity (Wildman–Crippen MR) is 123 cm³/mol. The number of benzene rings is 1. The van der Waals surface area contributed by atoms with E-state index in [9.17, 15) is 14.7 Å². The van der Waals surface area contributed by atoms with Gasteiger partial charge in [-0.05, 0) is 30.3 Å². The van der Waals surface area contributed by atoms with Gasteiger partial charge in [-0.25, -0.2) is 9.37 Å². The average molecular weight is 468 g/mol. The maximum Gasteiger partial charge on any atom is 0.390 e. The van der Waals surface area contributed by atoms with E-state index < -0.39 is 24.1 Å². The third-order valence-corrected chi connectivity index (χ3v) is 5.61. The Morgan fingerprint density at radius 1 is 1.15 bits per heavy atom. The van der Waals surface area contributed by atoms with E-state index in [2.05, 4.69) is 15.3 Å². The zero-order valence-corrected chi connectivity index (χ0v) is 19.2. The molecular formula is C23H27N6O5+. The van der Waals surface area contributed by atoms with Gasteiger partial charge in [-0.15, -0.1) is 0 Å². The Hall–Kier alpha value is -3.99. The first kappa shape index (κ1) is 23.2. The summed E-state index contributed by atoms with van der Waals surface area (Å²) in [4.78, 5) is 36.4. The van der Waals surface area contributed by atoms with Crippen LogP contribution in [0.1, 0.15) is 5.56 Å². The molecule has 3 amide bonds. The number of amidine groups is 1. The Labute approximate surface area is 196 Å². The fraction of sp³-hybridized carbons (Fsp3) is 0.348. The van der Waals surface area contributed by atoms with Crippen LogP contribution in [0, 0.1) is 0 Å². The molecule has 2 aromatic rings. The number of carbonyl (C=O) groups excluding carboxylic acids is 2. The summed E-state index contributed by atoms with van der Waals surface area (Å²) < 4.78 is 12.5. The summed E-state index contributed by atoms with van der Waals surface area (Å²) in [6.45, 7) is 0.466. The molecule has 1 fully saturated rings. The maximum absolute atomic E-state index is 13.0. The van der Waals surface area contributed by atoms with E-state index in [-0.39, 0.29) is 13.2 Å². The van der Waals surface area contributed by atoms with Crippen molar-refractivity contribution in [2.75, 3.05) is 34.4 Å². The number of aromatic nitrogens is 1. The molecule has 2 atom stereocenters. The quantitative estimate of drug-likeness (QED) is 0.536. The number of pyridine rings is 1. The number of ether oxygens (including phenoxy) is 2. The molecule has 178 valence electrons. The summed E-state index contributed by atoms with van der Waals surface area (Å²) in [5.41, 5.74) is 0.918. The molecule has 34 heavy (non-hydrogen) atoms. The summed E-state index contributed by atoms with van der Waals surface area (Å²) in [7, 11) is 4.58. The highest BCUT2D eigenvalue weighted by molar-refractivity contribution is 6.22. The topological polar surface area (TPSA) is 120 Å². The number of aliphatic hydroxyl groups is 1. The third-order valence-electron chi connectivity index (χ3n) is 5.61. The van der Waals surface area contributed by atoms with Gasteiger partial charge in [0.05, 0.1) is 20.2 Å². The van der Waals surface area contributed by atoms with Crippen LogP contribution in [0.25, 0.3) is 0 Å². The predicted octanol–water partition coefficient (Wildman–Crippen LogP) is 0.293. The summed E-state index contributed by atoms with van der Waals surface area (Å²) >= 11 is 0. The minimum atomic E-state index is -0.937. The molecular weight excluding hydrogens is 440 g/mol. The number of nitrogens with one attached hydrogen (secondary N) is 1. The van der Waals surface area contributed by atoms with Gasteiger partial charge in [0.25, 0.3) is 5.91 Å². The highest BCUT2D eigenvalue weighted by atomic mass is 16.5. The van der Waals surface area contributed by atoms with Crippen LogP contribution in [-0.4, -0.2) is 94.7 Å². The Morgan fingerprint density at radius 2 is 1.88 bits per heavy atom. The standard InChI is InChI=1S/C23H26N6O5/c1-27-20-19(21(31)28(2)23(27)32)29(22(26-20)25-12-15-5-4-10-24-11-15)13-16(30)14-34-18-8-6-17(33-3)7-9-18/h4-11,16,19,30H,12-14H2,1-3H3/p+1. The van der Waals surface area contributed by atoms with Crippen molar-refractivity contribution < 1.29 is 28.7 Å². The molecule has 1 saturated heterocycles. The molecule has 0 saturated carbocycles. The number of fused-ring (bicyclic) bond motifs is 1. The maximum atomic E-state index is 13.0. The first-order chi connectivity index (χ1) is 16.4. The third kappa shape index (κ3) is 4.69. The molecule has 11 nitrogen and oxygen atoms in total. The zero-order valence-electron chi connectivity index (χ0n) is 19.2. The van der Waals surface area contributed by atoms with Crippen LogP contribution in [-0.2, 0) is 11.3 Å².